The van der Waals surface area contributed by atoms with Gasteiger partial charge in [-0.3, -0.25) is 19.0 Å². The van der Waals surface area contributed by atoms with Gasteiger partial charge in [-0.2, -0.15) is 0 Å². The fourth-order valence-electron chi connectivity index (χ4n) is 6.32. The molecular formula is C37H62N2O8. The first-order valence-corrected chi connectivity index (χ1v) is 18.0. The molecule has 1 aliphatic heterocycles. The van der Waals surface area contributed by atoms with Crippen LogP contribution in [-0.4, -0.2) is 39.1 Å². The van der Waals surface area contributed by atoms with Crippen LogP contribution in [-0.2, 0) is 35.3 Å². The Morgan fingerprint density at radius 3 is 2.00 bits per heavy atom. The quantitative estimate of drug-likeness (QED) is 0.119. The molecule has 1 aromatic rings. The fourth-order valence-corrected chi connectivity index (χ4v) is 6.32. The Balaban J connectivity index is 1.83. The molecular weight excluding hydrogens is 600 g/mol. The van der Waals surface area contributed by atoms with Gasteiger partial charge in [0.1, 0.15) is 18.1 Å². The van der Waals surface area contributed by atoms with Crippen LogP contribution in [0.15, 0.2) is 15.8 Å². The van der Waals surface area contributed by atoms with Gasteiger partial charge in [-0.15, -0.1) is 0 Å². The van der Waals surface area contributed by atoms with E-state index in [1.54, 1.807) is 6.92 Å². The van der Waals surface area contributed by atoms with Gasteiger partial charge in [-0.25, -0.2) is 9.36 Å². The van der Waals surface area contributed by atoms with Crippen LogP contribution in [0, 0.1) is 30.6 Å². The Morgan fingerprint density at radius 1 is 0.872 bits per heavy atom. The number of carbonyl (C=O) groups excluding carboxylic acids is 3. The third kappa shape index (κ3) is 14.5. The lowest BCUT2D eigenvalue weighted by molar-refractivity contribution is -0.153. The molecule has 0 saturated carbocycles. The van der Waals surface area contributed by atoms with Crippen molar-refractivity contribution in [3.63, 3.8) is 0 Å². The molecule has 0 amide bonds. The second-order valence-corrected chi connectivity index (χ2v) is 14.6. The van der Waals surface area contributed by atoms with E-state index in [1.807, 2.05) is 13.8 Å². The van der Waals surface area contributed by atoms with Crippen molar-refractivity contribution in [1.29, 1.82) is 0 Å². The minimum absolute atomic E-state index is 0.0156. The third-order valence-electron chi connectivity index (χ3n) is 9.36. The lowest BCUT2D eigenvalue weighted by atomic mass is 9.91. The Hall–Kier alpha value is -2.75. The molecule has 1 aliphatic rings. The van der Waals surface area contributed by atoms with E-state index in [0.29, 0.717) is 17.9 Å². The number of esters is 2. The molecule has 0 bridgehead atoms. The zero-order valence-electron chi connectivity index (χ0n) is 30.4. The van der Waals surface area contributed by atoms with Crippen LogP contribution in [0.2, 0.25) is 0 Å². The predicted octanol–water partition coefficient (Wildman–Crippen LogP) is 7.26. The number of ether oxygens (including phenoxy) is 3. The molecule has 10 nitrogen and oxygen atoms in total. The number of aromatic nitrogens is 2. The minimum Gasteiger partial charge on any atom is -0.459 e. The van der Waals surface area contributed by atoms with E-state index in [1.165, 1.54) is 56.2 Å². The molecule has 47 heavy (non-hydrogen) atoms. The maximum atomic E-state index is 13.4. The first-order chi connectivity index (χ1) is 22.2. The number of hydrogen-bond donors (Lipinski definition) is 0. The molecule has 1 saturated heterocycles. The Labute approximate surface area is 281 Å². The van der Waals surface area contributed by atoms with Gasteiger partial charge in [0.25, 0.3) is 5.56 Å². The van der Waals surface area contributed by atoms with Crippen LogP contribution >= 0.6 is 0 Å². The summed E-state index contributed by atoms with van der Waals surface area (Å²) >= 11 is 0. The number of aryl methyl sites for hydroxylation is 1. The predicted molar refractivity (Wildman–Crippen MR) is 183 cm³/mol. The normalized spacial score (nSPS) is 19.8. The molecule has 2 heterocycles. The number of rotatable bonds is 22. The first-order valence-electron chi connectivity index (χ1n) is 18.0. The smallest absolute Gasteiger partial charge is 0.335 e. The highest BCUT2D eigenvalue weighted by Crippen LogP contribution is 2.32. The number of ketones is 1. The molecule has 3 unspecified atom stereocenters. The third-order valence-corrected chi connectivity index (χ3v) is 9.36. The van der Waals surface area contributed by atoms with Crippen LogP contribution in [0.1, 0.15) is 150 Å². The molecule has 1 aromatic heterocycles. The van der Waals surface area contributed by atoms with Crippen molar-refractivity contribution in [2.75, 3.05) is 0 Å². The summed E-state index contributed by atoms with van der Waals surface area (Å²) in [5, 5.41) is 0. The van der Waals surface area contributed by atoms with Gasteiger partial charge in [0, 0.05) is 31.0 Å². The highest BCUT2D eigenvalue weighted by Gasteiger charge is 2.38. The van der Waals surface area contributed by atoms with Crippen LogP contribution < -0.4 is 11.2 Å². The van der Waals surface area contributed by atoms with E-state index in [4.69, 9.17) is 14.2 Å². The zero-order chi connectivity index (χ0) is 35.1. The second kappa shape index (κ2) is 20.6. The highest BCUT2D eigenvalue weighted by molar-refractivity contribution is 5.81. The van der Waals surface area contributed by atoms with Crippen molar-refractivity contribution < 1.29 is 28.6 Å². The number of carbonyl (C=O) groups is 3. The summed E-state index contributed by atoms with van der Waals surface area (Å²) in [4.78, 5) is 62.4. The molecule has 268 valence electrons. The molecule has 0 radical (unpaired) electrons. The lowest BCUT2D eigenvalue weighted by Crippen LogP contribution is -2.43. The molecule has 0 aromatic carbocycles. The molecule has 0 N–H and O–H groups in total. The van der Waals surface area contributed by atoms with Crippen molar-refractivity contribution in [2.45, 2.75) is 170 Å². The van der Waals surface area contributed by atoms with E-state index in [0.717, 1.165) is 35.7 Å². The summed E-state index contributed by atoms with van der Waals surface area (Å²) in [5.74, 6) is 1.34. The maximum absolute atomic E-state index is 13.4. The van der Waals surface area contributed by atoms with Crippen LogP contribution in [0.25, 0.3) is 0 Å². The van der Waals surface area contributed by atoms with Gasteiger partial charge < -0.3 is 19.0 Å². The van der Waals surface area contributed by atoms with Gasteiger partial charge in [-0.1, -0.05) is 99.3 Å². The Bertz CT molecular complexity index is 1250. The number of hydrogen-bond acceptors (Lipinski definition) is 8. The van der Waals surface area contributed by atoms with E-state index in [-0.39, 0.29) is 37.4 Å². The Morgan fingerprint density at radius 2 is 1.45 bits per heavy atom. The number of Topliss-reactive ketones (excluding diaryl/α,β-unsaturated/α-hetero) is 1. The summed E-state index contributed by atoms with van der Waals surface area (Å²) in [7, 11) is 0. The average Bonchev–Trinajstić information content (AvgIpc) is 3.39. The van der Waals surface area contributed by atoms with Crippen LogP contribution in [0.5, 0.6) is 0 Å². The summed E-state index contributed by atoms with van der Waals surface area (Å²) in [6.07, 6.45) is 11.6. The molecule has 1 fully saturated rings. The van der Waals surface area contributed by atoms with Gasteiger partial charge in [0.2, 0.25) is 0 Å². The monoisotopic (exact) mass is 662 g/mol. The van der Waals surface area contributed by atoms with Crippen LogP contribution in [0.3, 0.4) is 0 Å². The van der Waals surface area contributed by atoms with Crippen molar-refractivity contribution in [2.24, 2.45) is 23.7 Å². The average molecular weight is 663 g/mol. The van der Waals surface area contributed by atoms with Crippen molar-refractivity contribution in [3.05, 3.63) is 32.6 Å². The first kappa shape index (κ1) is 40.4. The van der Waals surface area contributed by atoms with Crippen molar-refractivity contribution >= 4 is 17.7 Å². The van der Waals surface area contributed by atoms with Gasteiger partial charge in [-0.05, 0) is 43.9 Å². The topological polar surface area (TPSA) is 123 Å². The SMILES string of the molecule is CC[C@H]1O[C@@H](n2cc(C)c(=O)n(COC(=O)CC(C)CCCC(C)CCCC(C)CCCC(C)C)c2=O)C[C@H]1OC(=O)CCC(C)=O. The highest BCUT2D eigenvalue weighted by atomic mass is 16.6. The Kier molecular flexibility index (Phi) is 17.7. The molecule has 6 atom stereocenters. The zero-order valence-corrected chi connectivity index (χ0v) is 30.4. The molecule has 10 heteroatoms. The van der Waals surface area contributed by atoms with Crippen molar-refractivity contribution in [1.82, 2.24) is 9.13 Å². The largest absolute Gasteiger partial charge is 0.459 e. The van der Waals surface area contributed by atoms with Gasteiger partial charge >= 0.3 is 17.6 Å². The number of nitrogens with zero attached hydrogens (tertiary/aromatic N) is 2. The second-order valence-electron chi connectivity index (χ2n) is 14.6. The van der Waals surface area contributed by atoms with E-state index in [2.05, 4.69) is 27.7 Å². The summed E-state index contributed by atoms with van der Waals surface area (Å²) in [5.41, 5.74) is -0.908. The molecule has 2 rings (SSSR count). The molecule has 0 spiro atoms. The lowest BCUT2D eigenvalue weighted by Gasteiger charge is -2.18. The standard InChI is InChI=1S/C37H62N2O8/c1-9-31-32(47-34(41)20-19-30(8)40)22-33(46-31)38-23-29(7)36(43)39(37(38)44)24-45-35(42)21-28(6)18-12-17-27(5)16-11-15-26(4)14-10-13-25(2)3/h23,25-28,31-33H,9-22,24H2,1-8H3/t26?,27?,28?,31-,32-,33-/m1/s1. The van der Waals surface area contributed by atoms with Crippen LogP contribution in [0.4, 0.5) is 0 Å². The summed E-state index contributed by atoms with van der Waals surface area (Å²) < 4.78 is 19.2. The maximum Gasteiger partial charge on any atom is 0.335 e. The van der Waals surface area contributed by atoms with E-state index >= 15 is 0 Å². The minimum atomic E-state index is -0.764. The summed E-state index contributed by atoms with van der Waals surface area (Å²) in [6.45, 7) is 15.7. The fraction of sp³-hybridized carbons (Fsp3) is 0.811. The van der Waals surface area contributed by atoms with Gasteiger partial charge in [0.05, 0.1) is 12.5 Å². The van der Waals surface area contributed by atoms with Crippen molar-refractivity contribution in [3.8, 4) is 0 Å². The van der Waals surface area contributed by atoms with E-state index in [9.17, 15) is 24.0 Å². The molecule has 0 aliphatic carbocycles. The van der Waals surface area contributed by atoms with Gasteiger partial charge in [0.15, 0.2) is 6.73 Å². The van der Waals surface area contributed by atoms with E-state index < -0.39 is 48.4 Å². The summed E-state index contributed by atoms with van der Waals surface area (Å²) in [6, 6.07) is 0.